The van der Waals surface area contributed by atoms with E-state index in [4.69, 9.17) is 9.84 Å². The van der Waals surface area contributed by atoms with Gasteiger partial charge < -0.3 is 20.5 Å². The van der Waals surface area contributed by atoms with Crippen LogP contribution < -0.4 is 10.6 Å². The molecule has 2 amide bonds. The van der Waals surface area contributed by atoms with Gasteiger partial charge in [0.1, 0.15) is 15.9 Å². The molecule has 0 saturated heterocycles. The van der Waals surface area contributed by atoms with Crippen molar-refractivity contribution in [1.82, 2.24) is 10.6 Å². The quantitative estimate of drug-likeness (QED) is 0.542. The lowest BCUT2D eigenvalue weighted by Crippen LogP contribution is -2.51. The molecule has 2 unspecified atom stereocenters. The predicted molar refractivity (Wildman–Crippen MR) is 77.9 cm³/mol. The molecule has 0 aliphatic heterocycles. The number of carboxylic acid groups (broad SMARTS) is 1. The molecule has 8 nitrogen and oxygen atoms in total. The number of hydrogen-bond acceptors (Lipinski definition) is 5. The molecule has 3 N–H and O–H groups in total. The van der Waals surface area contributed by atoms with E-state index in [1.54, 1.807) is 0 Å². The van der Waals surface area contributed by atoms with Gasteiger partial charge in [0.25, 0.3) is 0 Å². The van der Waals surface area contributed by atoms with Gasteiger partial charge in [0.15, 0.2) is 0 Å². The Balaban J connectivity index is 4.57. The lowest BCUT2D eigenvalue weighted by atomic mass is 10.1. The average Bonchev–Trinajstić information content (AvgIpc) is 2.32. The Kier molecular flexibility index (Phi) is 8.26. The number of carbonyl (C=O) groups is 2. The van der Waals surface area contributed by atoms with Crippen LogP contribution in [0.5, 0.6) is 0 Å². The largest absolute Gasteiger partial charge is 0.480 e. The van der Waals surface area contributed by atoms with E-state index < -0.39 is 27.9 Å². The summed E-state index contributed by atoms with van der Waals surface area (Å²) in [7, 11) is -1.79. The second kappa shape index (κ2) is 8.83. The molecule has 0 aromatic carbocycles. The summed E-state index contributed by atoms with van der Waals surface area (Å²) >= 11 is 0. The highest BCUT2D eigenvalue weighted by atomic mass is 32.2. The van der Waals surface area contributed by atoms with Crippen molar-refractivity contribution in [3.8, 4) is 0 Å². The number of ether oxygens (including phenoxy) is 1. The number of amides is 2. The van der Waals surface area contributed by atoms with E-state index in [1.165, 1.54) is 7.11 Å². The van der Waals surface area contributed by atoms with Crippen LogP contribution in [-0.2, 0) is 19.4 Å². The summed E-state index contributed by atoms with van der Waals surface area (Å²) in [6, 6.07) is -2.18. The first-order valence-corrected chi connectivity index (χ1v) is 8.59. The third-order valence-electron chi connectivity index (χ3n) is 2.85. The van der Waals surface area contributed by atoms with E-state index in [2.05, 4.69) is 10.6 Å². The molecule has 0 aromatic rings. The summed E-state index contributed by atoms with van der Waals surface area (Å²) in [5, 5.41) is 13.9. The second-order valence-corrected chi connectivity index (χ2v) is 7.49. The zero-order chi connectivity index (χ0) is 16.6. The van der Waals surface area contributed by atoms with Crippen molar-refractivity contribution in [2.24, 2.45) is 5.92 Å². The van der Waals surface area contributed by atoms with Crippen LogP contribution in [0.1, 0.15) is 20.3 Å². The summed E-state index contributed by atoms with van der Waals surface area (Å²) in [6.07, 6.45) is 0.831. The lowest BCUT2D eigenvalue weighted by Gasteiger charge is -2.23. The molecule has 0 spiro atoms. The van der Waals surface area contributed by atoms with Gasteiger partial charge in [-0.2, -0.15) is 0 Å². The molecule has 124 valence electrons. The number of methoxy groups -OCH3 is 1. The summed E-state index contributed by atoms with van der Waals surface area (Å²) in [5.41, 5.74) is 0. The Hall–Kier alpha value is -1.35. The minimum atomic E-state index is -3.29. The van der Waals surface area contributed by atoms with Gasteiger partial charge in [-0.3, -0.25) is 0 Å². The van der Waals surface area contributed by atoms with Crippen molar-refractivity contribution >= 4 is 21.8 Å². The average molecular weight is 324 g/mol. The van der Waals surface area contributed by atoms with Crippen LogP contribution in [0.4, 0.5) is 4.79 Å². The van der Waals surface area contributed by atoms with Crippen LogP contribution in [-0.4, -0.2) is 63.3 Å². The fraction of sp³-hybridized carbons (Fsp3) is 0.833. The Labute approximate surface area is 125 Å². The maximum atomic E-state index is 11.8. The Morgan fingerprint density at radius 2 is 1.81 bits per heavy atom. The van der Waals surface area contributed by atoms with Crippen molar-refractivity contribution in [2.45, 2.75) is 32.4 Å². The van der Waals surface area contributed by atoms with Gasteiger partial charge in [-0.15, -0.1) is 0 Å². The number of carbonyl (C=O) groups excluding carboxylic acids is 1. The third-order valence-corrected chi connectivity index (χ3v) is 3.83. The van der Waals surface area contributed by atoms with Gasteiger partial charge in [-0.25, -0.2) is 18.0 Å². The molecular formula is C12H24N2O6S. The van der Waals surface area contributed by atoms with E-state index in [-0.39, 0.29) is 24.1 Å². The number of rotatable bonds is 9. The number of nitrogens with one attached hydrogen (secondary N) is 2. The molecule has 0 bridgehead atoms. The van der Waals surface area contributed by atoms with E-state index in [9.17, 15) is 18.0 Å². The zero-order valence-corrected chi connectivity index (χ0v) is 13.6. The summed E-state index contributed by atoms with van der Waals surface area (Å²) in [5.74, 6) is -1.48. The topological polar surface area (TPSA) is 122 Å². The smallest absolute Gasteiger partial charge is 0.326 e. The van der Waals surface area contributed by atoms with Gasteiger partial charge >= 0.3 is 12.0 Å². The first kappa shape index (κ1) is 19.7. The highest BCUT2D eigenvalue weighted by Gasteiger charge is 2.23. The summed E-state index contributed by atoms with van der Waals surface area (Å²) in [6.45, 7) is 4.08. The minimum Gasteiger partial charge on any atom is -0.480 e. The van der Waals surface area contributed by atoms with E-state index >= 15 is 0 Å². The SMILES string of the molecule is COCC(NC(=O)NC(CCS(C)(=O)=O)C(=O)O)C(C)C. The fourth-order valence-corrected chi connectivity index (χ4v) is 2.20. The van der Waals surface area contributed by atoms with Crippen molar-refractivity contribution in [3.05, 3.63) is 0 Å². The van der Waals surface area contributed by atoms with Crippen LogP contribution in [0.25, 0.3) is 0 Å². The Bertz CT molecular complexity index is 449. The van der Waals surface area contributed by atoms with Crippen LogP contribution in [0.3, 0.4) is 0 Å². The summed E-state index contributed by atoms with van der Waals surface area (Å²) < 4.78 is 27.1. The van der Waals surface area contributed by atoms with Gasteiger partial charge in [-0.1, -0.05) is 13.8 Å². The molecule has 0 rings (SSSR count). The molecule has 0 radical (unpaired) electrons. The number of carboxylic acids is 1. The standard InChI is InChI=1S/C12H24N2O6S/c1-8(2)10(7-20-3)14-12(17)13-9(11(15)16)5-6-21(4,18)19/h8-10H,5-7H2,1-4H3,(H,15,16)(H2,13,14,17). The Morgan fingerprint density at radius 3 is 2.19 bits per heavy atom. The number of urea groups is 1. The molecule has 0 aliphatic carbocycles. The van der Waals surface area contributed by atoms with Crippen molar-refractivity contribution in [3.63, 3.8) is 0 Å². The number of hydrogen-bond donors (Lipinski definition) is 3. The van der Waals surface area contributed by atoms with Crippen LogP contribution in [0, 0.1) is 5.92 Å². The molecule has 21 heavy (non-hydrogen) atoms. The van der Waals surface area contributed by atoms with E-state index in [0.29, 0.717) is 6.61 Å². The predicted octanol–water partition coefficient (Wildman–Crippen LogP) is -0.155. The fourth-order valence-electron chi connectivity index (χ4n) is 1.54. The molecule has 0 aliphatic rings. The molecule has 0 aromatic heterocycles. The lowest BCUT2D eigenvalue weighted by molar-refractivity contribution is -0.139. The molecule has 9 heteroatoms. The highest BCUT2D eigenvalue weighted by molar-refractivity contribution is 7.90. The van der Waals surface area contributed by atoms with Gasteiger partial charge in [0.2, 0.25) is 0 Å². The highest BCUT2D eigenvalue weighted by Crippen LogP contribution is 2.02. The van der Waals surface area contributed by atoms with Crippen LogP contribution in [0.15, 0.2) is 0 Å². The number of aliphatic carboxylic acids is 1. The monoisotopic (exact) mass is 324 g/mol. The normalized spacial score (nSPS) is 14.5. The van der Waals surface area contributed by atoms with Gasteiger partial charge in [-0.05, 0) is 12.3 Å². The van der Waals surface area contributed by atoms with Crippen LogP contribution in [0.2, 0.25) is 0 Å². The first-order valence-electron chi connectivity index (χ1n) is 6.53. The molecule has 0 heterocycles. The Morgan fingerprint density at radius 1 is 1.24 bits per heavy atom. The zero-order valence-electron chi connectivity index (χ0n) is 12.8. The molecular weight excluding hydrogens is 300 g/mol. The second-order valence-electron chi connectivity index (χ2n) is 5.23. The van der Waals surface area contributed by atoms with Gasteiger partial charge in [0, 0.05) is 13.4 Å². The van der Waals surface area contributed by atoms with Crippen molar-refractivity contribution in [1.29, 1.82) is 0 Å². The first-order chi connectivity index (χ1) is 9.56. The third kappa shape index (κ3) is 9.24. The molecule has 0 fully saturated rings. The van der Waals surface area contributed by atoms with Crippen molar-refractivity contribution in [2.75, 3.05) is 25.7 Å². The maximum absolute atomic E-state index is 11.8. The molecule has 0 saturated carbocycles. The number of sulfone groups is 1. The van der Waals surface area contributed by atoms with Crippen molar-refractivity contribution < 1.29 is 27.9 Å². The van der Waals surface area contributed by atoms with Crippen LogP contribution >= 0.6 is 0 Å². The molecule has 2 atom stereocenters. The summed E-state index contributed by atoms with van der Waals surface area (Å²) in [4.78, 5) is 22.8. The maximum Gasteiger partial charge on any atom is 0.326 e. The minimum absolute atomic E-state index is 0.106. The van der Waals surface area contributed by atoms with Gasteiger partial charge in [0.05, 0.1) is 18.4 Å². The van der Waals surface area contributed by atoms with E-state index in [1.807, 2.05) is 13.8 Å². The van der Waals surface area contributed by atoms with E-state index in [0.717, 1.165) is 6.26 Å².